The van der Waals surface area contributed by atoms with Crippen LogP contribution in [0.2, 0.25) is 0 Å². The quantitative estimate of drug-likeness (QED) is 0.686. The zero-order valence-electron chi connectivity index (χ0n) is 10.6. The van der Waals surface area contributed by atoms with Gasteiger partial charge in [0.25, 0.3) is 0 Å². The zero-order chi connectivity index (χ0) is 12.0. The maximum absolute atomic E-state index is 2.45. The molecule has 0 N–H and O–H groups in total. The molecule has 0 saturated heterocycles. The van der Waals surface area contributed by atoms with E-state index in [4.69, 9.17) is 0 Å². The molecule has 1 aromatic rings. The molecule has 18 heavy (non-hydrogen) atoms. The molecular weight excluding hydrogens is 216 g/mol. The molecule has 0 bridgehead atoms. The molecule has 0 radical (unpaired) electrons. The highest BCUT2D eigenvalue weighted by Gasteiger charge is 2.47. The monoisotopic (exact) mass is 234 g/mol. The average Bonchev–Trinajstić information content (AvgIpc) is 2.98. The van der Waals surface area contributed by atoms with E-state index in [9.17, 15) is 0 Å². The van der Waals surface area contributed by atoms with Crippen molar-refractivity contribution in [1.82, 2.24) is 0 Å². The van der Waals surface area contributed by atoms with Gasteiger partial charge >= 0.3 is 0 Å². The highest BCUT2D eigenvalue weighted by Crippen LogP contribution is 2.60. The first-order chi connectivity index (χ1) is 8.90. The smallest absolute Gasteiger partial charge is 0.0121 e. The van der Waals surface area contributed by atoms with E-state index in [2.05, 4.69) is 54.6 Å². The molecular formula is C18H18. The first-order valence-electron chi connectivity index (χ1n) is 7.03. The van der Waals surface area contributed by atoms with Gasteiger partial charge in [-0.05, 0) is 30.4 Å². The topological polar surface area (TPSA) is 0 Å². The molecule has 0 amide bonds. The molecule has 3 aliphatic carbocycles. The van der Waals surface area contributed by atoms with Gasteiger partial charge in [-0.1, -0.05) is 66.6 Å². The first kappa shape index (κ1) is 10.4. The van der Waals surface area contributed by atoms with Gasteiger partial charge in [0, 0.05) is 11.3 Å². The highest BCUT2D eigenvalue weighted by atomic mass is 14.5. The molecule has 1 aromatic carbocycles. The van der Waals surface area contributed by atoms with Crippen LogP contribution < -0.4 is 0 Å². The van der Waals surface area contributed by atoms with E-state index in [1.54, 1.807) is 11.1 Å². The molecule has 0 heteroatoms. The molecule has 0 heterocycles. The van der Waals surface area contributed by atoms with Gasteiger partial charge in [-0.25, -0.2) is 0 Å². The fraction of sp³-hybridized carbons (Fsp3) is 0.333. The molecule has 1 fully saturated rings. The molecule has 0 aliphatic heterocycles. The number of benzene rings is 1. The molecule has 1 saturated carbocycles. The van der Waals surface area contributed by atoms with Gasteiger partial charge in [0.2, 0.25) is 0 Å². The lowest BCUT2D eigenvalue weighted by atomic mass is 9.56. The van der Waals surface area contributed by atoms with Crippen molar-refractivity contribution < 1.29 is 0 Å². The summed E-state index contributed by atoms with van der Waals surface area (Å²) in [4.78, 5) is 0. The summed E-state index contributed by atoms with van der Waals surface area (Å²) in [6, 6.07) is 8.91. The van der Waals surface area contributed by atoms with Crippen molar-refractivity contribution in [3.05, 3.63) is 65.3 Å². The van der Waals surface area contributed by atoms with Crippen LogP contribution in [0.3, 0.4) is 0 Å². The van der Waals surface area contributed by atoms with Crippen molar-refractivity contribution >= 4 is 6.08 Å². The average molecular weight is 234 g/mol. The lowest BCUT2D eigenvalue weighted by molar-refractivity contribution is 0.161. The third-order valence-electron chi connectivity index (χ3n) is 5.05. The molecule has 0 spiro atoms. The Labute approximate surface area is 109 Å². The predicted molar refractivity (Wildman–Crippen MR) is 76.3 cm³/mol. The van der Waals surface area contributed by atoms with Gasteiger partial charge < -0.3 is 0 Å². The number of hydrogen-bond acceptors (Lipinski definition) is 0. The Bertz CT molecular complexity index is 567. The van der Waals surface area contributed by atoms with Gasteiger partial charge in [-0.3, -0.25) is 0 Å². The number of rotatable bonds is 2. The second-order valence-corrected chi connectivity index (χ2v) is 5.80. The summed E-state index contributed by atoms with van der Waals surface area (Å²) in [5.41, 5.74) is 5.08. The van der Waals surface area contributed by atoms with E-state index in [0.717, 1.165) is 0 Å². The minimum Gasteiger partial charge on any atom is -0.0804 e. The van der Waals surface area contributed by atoms with Gasteiger partial charge in [0.05, 0.1) is 0 Å². The highest BCUT2D eigenvalue weighted by molar-refractivity contribution is 5.64. The van der Waals surface area contributed by atoms with Crippen LogP contribution in [0.1, 0.15) is 42.7 Å². The maximum Gasteiger partial charge on any atom is 0.0121 e. The summed E-state index contributed by atoms with van der Waals surface area (Å²) in [6.07, 6.45) is 17.0. The zero-order valence-corrected chi connectivity index (χ0v) is 10.6. The van der Waals surface area contributed by atoms with Gasteiger partial charge in [-0.2, -0.15) is 0 Å². The number of fused-ring (bicyclic) bond motifs is 1. The Hall–Kier alpha value is -1.56. The van der Waals surface area contributed by atoms with Crippen LogP contribution in [-0.4, -0.2) is 0 Å². The van der Waals surface area contributed by atoms with E-state index in [0.29, 0.717) is 11.3 Å². The van der Waals surface area contributed by atoms with Gasteiger partial charge in [0.15, 0.2) is 0 Å². The van der Waals surface area contributed by atoms with Gasteiger partial charge in [-0.15, -0.1) is 0 Å². The van der Waals surface area contributed by atoms with Crippen LogP contribution in [0.25, 0.3) is 6.08 Å². The molecule has 4 rings (SSSR count). The van der Waals surface area contributed by atoms with Crippen molar-refractivity contribution in [3.8, 4) is 0 Å². The second kappa shape index (κ2) is 3.71. The minimum absolute atomic E-state index is 0.437. The van der Waals surface area contributed by atoms with Crippen molar-refractivity contribution in [1.29, 1.82) is 0 Å². The predicted octanol–water partition coefficient (Wildman–Crippen LogP) is 4.85. The summed E-state index contributed by atoms with van der Waals surface area (Å²) in [5, 5.41) is 0. The molecule has 3 aliphatic rings. The van der Waals surface area contributed by atoms with Crippen LogP contribution in [0, 0.1) is 5.41 Å². The lowest BCUT2D eigenvalue weighted by Gasteiger charge is -2.48. The summed E-state index contributed by atoms with van der Waals surface area (Å²) in [7, 11) is 0. The molecule has 90 valence electrons. The van der Waals surface area contributed by atoms with Gasteiger partial charge in [0.1, 0.15) is 0 Å². The van der Waals surface area contributed by atoms with E-state index < -0.39 is 0 Å². The number of hydrogen-bond donors (Lipinski definition) is 0. The Morgan fingerprint density at radius 1 is 1.11 bits per heavy atom. The second-order valence-electron chi connectivity index (χ2n) is 5.80. The van der Waals surface area contributed by atoms with Crippen LogP contribution in [0.4, 0.5) is 0 Å². The first-order valence-corrected chi connectivity index (χ1v) is 7.03. The fourth-order valence-electron chi connectivity index (χ4n) is 3.94. The van der Waals surface area contributed by atoms with Crippen molar-refractivity contribution in [3.63, 3.8) is 0 Å². The maximum atomic E-state index is 2.45. The van der Waals surface area contributed by atoms with Crippen LogP contribution >= 0.6 is 0 Å². The Morgan fingerprint density at radius 3 is 2.72 bits per heavy atom. The van der Waals surface area contributed by atoms with Crippen molar-refractivity contribution in [2.24, 2.45) is 5.41 Å². The summed E-state index contributed by atoms with van der Waals surface area (Å²) in [6.45, 7) is 0. The van der Waals surface area contributed by atoms with Crippen LogP contribution in [-0.2, 0) is 0 Å². The third kappa shape index (κ3) is 1.26. The van der Waals surface area contributed by atoms with E-state index in [1.807, 2.05) is 0 Å². The van der Waals surface area contributed by atoms with Crippen LogP contribution in [0.15, 0.2) is 54.1 Å². The molecule has 1 atom stereocenters. The Kier molecular flexibility index (Phi) is 2.14. The number of allylic oxidation sites excluding steroid dienone is 5. The SMILES string of the molecule is C1=CCC(C2(C3C=Cc4ccccc43)CCC2)=C1. The fourth-order valence-corrected chi connectivity index (χ4v) is 3.94. The largest absolute Gasteiger partial charge is 0.0804 e. The lowest BCUT2D eigenvalue weighted by Crippen LogP contribution is -2.36. The minimum atomic E-state index is 0.437. The van der Waals surface area contributed by atoms with Crippen molar-refractivity contribution in [2.75, 3.05) is 0 Å². The summed E-state index contributed by atoms with van der Waals surface area (Å²) < 4.78 is 0. The molecule has 0 aromatic heterocycles. The Morgan fingerprint density at radius 2 is 2.00 bits per heavy atom. The van der Waals surface area contributed by atoms with Crippen LogP contribution in [0.5, 0.6) is 0 Å². The summed E-state index contributed by atoms with van der Waals surface area (Å²) >= 11 is 0. The molecule has 1 unspecified atom stereocenters. The van der Waals surface area contributed by atoms with E-state index in [-0.39, 0.29) is 0 Å². The Balaban J connectivity index is 1.77. The van der Waals surface area contributed by atoms with Crippen molar-refractivity contribution in [2.45, 2.75) is 31.6 Å². The normalized spacial score (nSPS) is 26.9. The van der Waals surface area contributed by atoms with E-state index in [1.165, 1.54) is 31.2 Å². The third-order valence-corrected chi connectivity index (χ3v) is 5.05. The summed E-state index contributed by atoms with van der Waals surface area (Å²) in [5.74, 6) is 0.619. The molecule has 0 nitrogen and oxygen atoms in total. The standard InChI is InChI=1S/C18H18/c1-4-9-16-14(6-1)10-11-17(16)18(12-5-13-18)15-7-2-3-8-15/h1-4,6-7,9-11,17H,5,8,12-13H2. The van der Waals surface area contributed by atoms with E-state index >= 15 is 0 Å².